The largest absolute Gasteiger partial charge is 0.313 e. The summed E-state index contributed by atoms with van der Waals surface area (Å²) in [5.41, 5.74) is 1.13. The second-order valence-electron chi connectivity index (χ2n) is 4.31. The van der Waals surface area contributed by atoms with Crippen LogP contribution in [-0.4, -0.2) is 36.1 Å². The van der Waals surface area contributed by atoms with Gasteiger partial charge in [0.05, 0.1) is 5.02 Å². The Balaban J connectivity index is 2.34. The van der Waals surface area contributed by atoms with Gasteiger partial charge in [0.15, 0.2) is 0 Å². The third-order valence-corrected chi connectivity index (χ3v) is 2.68. The van der Waals surface area contributed by atoms with Crippen LogP contribution in [0, 0.1) is 0 Å². The summed E-state index contributed by atoms with van der Waals surface area (Å²) in [5.74, 6) is 0. The molecule has 90 valence electrons. The second kappa shape index (κ2) is 6.84. The van der Waals surface area contributed by atoms with Gasteiger partial charge in [-0.3, -0.25) is 4.98 Å². The number of pyridine rings is 1. The fourth-order valence-corrected chi connectivity index (χ4v) is 1.63. The molecule has 16 heavy (non-hydrogen) atoms. The van der Waals surface area contributed by atoms with E-state index in [9.17, 15) is 0 Å². The van der Waals surface area contributed by atoms with Crippen LogP contribution in [0.25, 0.3) is 0 Å². The smallest absolute Gasteiger partial charge is 0.0634 e. The third kappa shape index (κ3) is 4.92. The van der Waals surface area contributed by atoms with E-state index in [1.807, 2.05) is 6.07 Å². The number of hydrogen-bond donors (Lipinski definition) is 1. The van der Waals surface area contributed by atoms with Crippen LogP contribution < -0.4 is 5.32 Å². The van der Waals surface area contributed by atoms with Crippen LogP contribution in [-0.2, 0) is 6.54 Å². The van der Waals surface area contributed by atoms with Crippen molar-refractivity contribution in [2.24, 2.45) is 0 Å². The van der Waals surface area contributed by atoms with E-state index in [1.54, 1.807) is 12.4 Å². The zero-order valence-corrected chi connectivity index (χ0v) is 11.0. The van der Waals surface area contributed by atoms with Crippen molar-refractivity contribution in [3.63, 3.8) is 0 Å². The van der Waals surface area contributed by atoms with Crippen LogP contribution in [0.3, 0.4) is 0 Å². The molecule has 0 aromatic carbocycles. The first-order valence-corrected chi connectivity index (χ1v) is 5.97. The van der Waals surface area contributed by atoms with Gasteiger partial charge in [0.2, 0.25) is 0 Å². The van der Waals surface area contributed by atoms with Crippen molar-refractivity contribution in [3.8, 4) is 0 Å². The van der Waals surface area contributed by atoms with Crippen molar-refractivity contribution in [1.29, 1.82) is 0 Å². The van der Waals surface area contributed by atoms with Crippen LogP contribution in [0.4, 0.5) is 0 Å². The number of rotatable bonds is 6. The average molecular weight is 242 g/mol. The van der Waals surface area contributed by atoms with E-state index in [4.69, 9.17) is 11.6 Å². The van der Waals surface area contributed by atoms with Gasteiger partial charge in [-0.05, 0) is 18.7 Å². The molecule has 1 aromatic rings. The minimum Gasteiger partial charge on any atom is -0.313 e. The van der Waals surface area contributed by atoms with Crippen molar-refractivity contribution in [2.45, 2.75) is 26.4 Å². The molecule has 0 saturated carbocycles. The molecule has 1 N–H and O–H groups in total. The number of halogens is 1. The molecule has 0 spiro atoms. The number of nitrogens with zero attached hydrogens (tertiary/aromatic N) is 2. The van der Waals surface area contributed by atoms with Crippen molar-refractivity contribution in [1.82, 2.24) is 15.2 Å². The summed E-state index contributed by atoms with van der Waals surface area (Å²) >= 11 is 6.05. The van der Waals surface area contributed by atoms with Gasteiger partial charge in [-0.15, -0.1) is 0 Å². The Kier molecular flexibility index (Phi) is 5.74. The monoisotopic (exact) mass is 241 g/mol. The van der Waals surface area contributed by atoms with Gasteiger partial charge in [0.1, 0.15) is 0 Å². The fraction of sp³-hybridized carbons (Fsp3) is 0.583. The molecule has 1 rings (SSSR count). The maximum atomic E-state index is 6.05. The molecule has 0 fully saturated rings. The number of likely N-dealkylation sites (N-methyl/N-ethyl adjacent to an activating group) is 1. The molecular weight excluding hydrogens is 222 g/mol. The molecule has 0 aliphatic rings. The van der Waals surface area contributed by atoms with Gasteiger partial charge in [0, 0.05) is 38.1 Å². The molecule has 1 aromatic heterocycles. The molecular formula is C12H20ClN3. The van der Waals surface area contributed by atoms with E-state index in [0.717, 1.165) is 30.2 Å². The average Bonchev–Trinajstić information content (AvgIpc) is 2.21. The van der Waals surface area contributed by atoms with E-state index in [-0.39, 0.29) is 0 Å². The maximum absolute atomic E-state index is 6.05. The van der Waals surface area contributed by atoms with Crippen LogP contribution in [0.15, 0.2) is 18.5 Å². The lowest BCUT2D eigenvalue weighted by molar-refractivity contribution is 0.320. The highest BCUT2D eigenvalue weighted by molar-refractivity contribution is 6.31. The van der Waals surface area contributed by atoms with E-state index >= 15 is 0 Å². The molecule has 4 heteroatoms. The molecule has 0 amide bonds. The number of aromatic nitrogens is 1. The Labute approximate surface area is 103 Å². The Bertz CT molecular complexity index is 315. The summed E-state index contributed by atoms with van der Waals surface area (Å²) in [7, 11) is 2.10. The SMILES string of the molecule is CC(C)NCCN(C)Cc1ccncc1Cl. The van der Waals surface area contributed by atoms with Gasteiger partial charge in [0.25, 0.3) is 0 Å². The highest BCUT2D eigenvalue weighted by atomic mass is 35.5. The molecule has 3 nitrogen and oxygen atoms in total. The summed E-state index contributed by atoms with van der Waals surface area (Å²) < 4.78 is 0. The Morgan fingerprint density at radius 3 is 2.88 bits per heavy atom. The van der Waals surface area contributed by atoms with E-state index in [2.05, 4.69) is 36.1 Å². The first kappa shape index (κ1) is 13.4. The van der Waals surface area contributed by atoms with Crippen molar-refractivity contribution in [3.05, 3.63) is 29.0 Å². The van der Waals surface area contributed by atoms with E-state index in [0.29, 0.717) is 6.04 Å². The molecule has 0 atom stereocenters. The molecule has 0 radical (unpaired) electrons. The second-order valence-corrected chi connectivity index (χ2v) is 4.72. The van der Waals surface area contributed by atoms with Crippen LogP contribution in [0.5, 0.6) is 0 Å². The summed E-state index contributed by atoms with van der Waals surface area (Å²) in [5, 5.41) is 4.13. The lowest BCUT2D eigenvalue weighted by Crippen LogP contribution is -2.32. The predicted octanol–water partition coefficient (Wildman–Crippen LogP) is 2.16. The quantitative estimate of drug-likeness (QED) is 0.828. The highest BCUT2D eigenvalue weighted by Gasteiger charge is 2.04. The predicted molar refractivity (Wildman–Crippen MR) is 68.7 cm³/mol. The van der Waals surface area contributed by atoms with Crippen LogP contribution in [0.2, 0.25) is 5.02 Å². The number of nitrogens with one attached hydrogen (secondary N) is 1. The van der Waals surface area contributed by atoms with Gasteiger partial charge in [-0.1, -0.05) is 25.4 Å². The van der Waals surface area contributed by atoms with Crippen molar-refractivity contribution in [2.75, 3.05) is 20.1 Å². The molecule has 0 saturated heterocycles. The topological polar surface area (TPSA) is 28.2 Å². The summed E-state index contributed by atoms with van der Waals surface area (Å²) in [6, 6.07) is 2.51. The minimum atomic E-state index is 0.540. The van der Waals surface area contributed by atoms with Crippen LogP contribution >= 0.6 is 11.6 Å². The Morgan fingerprint density at radius 2 is 2.25 bits per heavy atom. The van der Waals surface area contributed by atoms with Crippen LogP contribution in [0.1, 0.15) is 19.4 Å². The summed E-state index contributed by atoms with van der Waals surface area (Å²) in [6.07, 6.45) is 3.47. The molecule has 0 bridgehead atoms. The standard InChI is InChI=1S/C12H20ClN3/c1-10(2)15-6-7-16(3)9-11-4-5-14-8-12(11)13/h4-5,8,10,15H,6-7,9H2,1-3H3. The summed E-state index contributed by atoms with van der Waals surface area (Å²) in [6.45, 7) is 7.17. The van der Waals surface area contributed by atoms with Gasteiger partial charge in [-0.2, -0.15) is 0 Å². The lowest BCUT2D eigenvalue weighted by Gasteiger charge is -2.18. The van der Waals surface area contributed by atoms with Crippen molar-refractivity contribution < 1.29 is 0 Å². The fourth-order valence-electron chi connectivity index (χ4n) is 1.45. The molecule has 0 unspecified atom stereocenters. The third-order valence-electron chi connectivity index (χ3n) is 2.34. The zero-order valence-electron chi connectivity index (χ0n) is 10.2. The lowest BCUT2D eigenvalue weighted by atomic mass is 10.2. The summed E-state index contributed by atoms with van der Waals surface area (Å²) in [4.78, 5) is 6.22. The first-order valence-electron chi connectivity index (χ1n) is 5.60. The van der Waals surface area contributed by atoms with Gasteiger partial charge in [-0.25, -0.2) is 0 Å². The molecule has 0 aliphatic carbocycles. The van der Waals surface area contributed by atoms with E-state index in [1.165, 1.54) is 0 Å². The van der Waals surface area contributed by atoms with Crippen molar-refractivity contribution >= 4 is 11.6 Å². The maximum Gasteiger partial charge on any atom is 0.0634 e. The van der Waals surface area contributed by atoms with E-state index < -0.39 is 0 Å². The molecule has 0 aliphatic heterocycles. The highest BCUT2D eigenvalue weighted by Crippen LogP contribution is 2.14. The first-order chi connectivity index (χ1) is 7.59. The normalized spacial score (nSPS) is 11.4. The molecule has 1 heterocycles. The zero-order chi connectivity index (χ0) is 12.0. The minimum absolute atomic E-state index is 0.540. The Hall–Kier alpha value is -0.640. The Morgan fingerprint density at radius 1 is 1.50 bits per heavy atom. The number of hydrogen-bond acceptors (Lipinski definition) is 3. The van der Waals surface area contributed by atoms with Gasteiger partial charge < -0.3 is 10.2 Å². The van der Waals surface area contributed by atoms with Gasteiger partial charge >= 0.3 is 0 Å².